The molecule has 0 aliphatic rings. The van der Waals surface area contributed by atoms with Crippen LogP contribution in [0.4, 0.5) is 0 Å². The summed E-state index contributed by atoms with van der Waals surface area (Å²) in [5, 5.41) is 1.32. The van der Waals surface area contributed by atoms with Gasteiger partial charge >= 0.3 is 51.4 Å². The van der Waals surface area contributed by atoms with Crippen LogP contribution in [0.1, 0.15) is 31.7 Å². The molecule has 0 spiro atoms. The van der Waals surface area contributed by atoms with Gasteiger partial charge in [-0.15, -0.1) is 0 Å². The summed E-state index contributed by atoms with van der Waals surface area (Å²) in [4.78, 5) is -0.0999. The van der Waals surface area contributed by atoms with Crippen LogP contribution in [-0.2, 0) is 16.5 Å². The van der Waals surface area contributed by atoms with E-state index in [0.29, 0.717) is 5.39 Å². The number of aryl methyl sites for hydroxylation is 1. The van der Waals surface area contributed by atoms with Gasteiger partial charge in [-0.1, -0.05) is 50.1 Å². The second kappa shape index (κ2) is 8.03. The first kappa shape index (κ1) is 18.3. The third-order valence-electron chi connectivity index (χ3n) is 3.22. The topological polar surface area (TPSA) is 57.2 Å². The molecule has 0 amide bonds. The predicted octanol–water partition coefficient (Wildman–Crippen LogP) is 0.481. The Hall–Kier alpha value is 0.246. The van der Waals surface area contributed by atoms with Gasteiger partial charge in [0.05, 0.1) is 4.90 Å². The van der Waals surface area contributed by atoms with Gasteiger partial charge in [0, 0.05) is 0 Å². The largest absolute Gasteiger partial charge is 1.00 e. The number of hydrogen-bond donors (Lipinski definition) is 0. The van der Waals surface area contributed by atoms with Crippen molar-refractivity contribution < 1.29 is 64.4 Å². The summed E-state index contributed by atoms with van der Waals surface area (Å²) < 4.78 is 34.1. The zero-order valence-corrected chi connectivity index (χ0v) is 15.9. The summed E-state index contributed by atoms with van der Waals surface area (Å²) in [7, 11) is -4.43. The van der Waals surface area contributed by atoms with Gasteiger partial charge in [-0.2, -0.15) is 0 Å². The fourth-order valence-electron chi connectivity index (χ4n) is 2.27. The maximum atomic E-state index is 11.4. The Bertz CT molecular complexity index is 681. The Morgan fingerprint density at radius 3 is 2.45 bits per heavy atom. The second-order valence-corrected chi connectivity index (χ2v) is 6.07. The smallest absolute Gasteiger partial charge is 0.744 e. The molecule has 2 rings (SSSR count). The van der Waals surface area contributed by atoms with Crippen molar-refractivity contribution in [2.75, 3.05) is 0 Å². The molecule has 5 heteroatoms. The van der Waals surface area contributed by atoms with Crippen molar-refractivity contribution in [3.8, 4) is 0 Å². The molecule has 0 N–H and O–H groups in total. The first-order chi connectivity index (χ1) is 9.02. The summed E-state index contributed by atoms with van der Waals surface area (Å²) in [5.74, 6) is 0. The summed E-state index contributed by atoms with van der Waals surface area (Å²) in [6, 6.07) is 10.6. The second-order valence-electron chi connectivity index (χ2n) is 4.73. The monoisotopic (exact) mass is 316 g/mol. The van der Waals surface area contributed by atoms with Crippen LogP contribution in [0.25, 0.3) is 10.8 Å². The molecule has 0 aliphatic carbocycles. The molecule has 0 aliphatic heterocycles. The van der Waals surface area contributed by atoms with Crippen molar-refractivity contribution in [2.45, 2.75) is 37.5 Å². The zero-order valence-electron chi connectivity index (χ0n) is 11.9. The molecule has 0 saturated carbocycles. The predicted molar refractivity (Wildman–Crippen MR) is 75.1 cm³/mol. The van der Waals surface area contributed by atoms with Crippen LogP contribution < -0.4 is 51.4 Å². The van der Waals surface area contributed by atoms with E-state index < -0.39 is 10.1 Å². The molecule has 20 heavy (non-hydrogen) atoms. The van der Waals surface area contributed by atoms with Crippen molar-refractivity contribution in [3.63, 3.8) is 0 Å². The number of benzene rings is 2. The summed E-state index contributed by atoms with van der Waals surface area (Å²) in [6.45, 7) is 2.12. The number of fused-ring (bicyclic) bond motifs is 1. The van der Waals surface area contributed by atoms with Gasteiger partial charge in [0.25, 0.3) is 0 Å². The quantitative estimate of drug-likeness (QED) is 0.458. The van der Waals surface area contributed by atoms with Crippen LogP contribution in [0.5, 0.6) is 0 Å². The van der Waals surface area contributed by atoms with Crippen LogP contribution in [0, 0.1) is 0 Å². The van der Waals surface area contributed by atoms with Gasteiger partial charge in [-0.05, 0) is 35.2 Å². The molecule has 0 aromatic heterocycles. The molecule has 0 unspecified atom stereocenters. The number of unbranched alkanes of at least 4 members (excludes halogenated alkanes) is 2. The fraction of sp³-hybridized carbons (Fsp3) is 0.333. The molecule has 2 aromatic rings. The normalized spacial score (nSPS) is 11.3. The molecule has 0 heterocycles. The van der Waals surface area contributed by atoms with Crippen LogP contribution >= 0.6 is 0 Å². The van der Waals surface area contributed by atoms with Crippen molar-refractivity contribution in [1.29, 1.82) is 0 Å². The van der Waals surface area contributed by atoms with Gasteiger partial charge in [0.15, 0.2) is 0 Å². The Morgan fingerprint density at radius 2 is 1.80 bits per heavy atom. The van der Waals surface area contributed by atoms with E-state index in [1.807, 2.05) is 18.2 Å². The van der Waals surface area contributed by atoms with E-state index in [9.17, 15) is 13.0 Å². The molecule has 0 saturated heterocycles. The number of hydrogen-bond acceptors (Lipinski definition) is 3. The Kier molecular flexibility index (Phi) is 7.35. The van der Waals surface area contributed by atoms with E-state index >= 15 is 0 Å². The minimum atomic E-state index is -4.43. The molecular formula is C15H17KO3S. The fourth-order valence-corrected chi connectivity index (χ4v) is 3.02. The zero-order chi connectivity index (χ0) is 13.9. The maximum absolute atomic E-state index is 11.4. The Morgan fingerprint density at radius 1 is 1.10 bits per heavy atom. The molecule has 0 atom stereocenters. The third kappa shape index (κ3) is 4.63. The maximum Gasteiger partial charge on any atom is 1.00 e. The molecule has 3 nitrogen and oxygen atoms in total. The van der Waals surface area contributed by atoms with Gasteiger partial charge in [0.1, 0.15) is 10.1 Å². The molecule has 0 fully saturated rings. The first-order valence-corrected chi connectivity index (χ1v) is 7.91. The molecule has 2 aromatic carbocycles. The van der Waals surface area contributed by atoms with Gasteiger partial charge < -0.3 is 4.55 Å². The van der Waals surface area contributed by atoms with Crippen LogP contribution in [0.2, 0.25) is 0 Å². The minimum absolute atomic E-state index is 0. The summed E-state index contributed by atoms with van der Waals surface area (Å²) >= 11 is 0. The van der Waals surface area contributed by atoms with E-state index in [1.165, 1.54) is 6.07 Å². The molecule has 102 valence electrons. The van der Waals surface area contributed by atoms with Gasteiger partial charge in [0.2, 0.25) is 0 Å². The Labute approximate surface area is 162 Å². The molecule has 0 radical (unpaired) electrons. The van der Waals surface area contributed by atoms with Crippen molar-refractivity contribution in [3.05, 3.63) is 42.0 Å². The van der Waals surface area contributed by atoms with Crippen molar-refractivity contribution in [1.82, 2.24) is 0 Å². The third-order valence-corrected chi connectivity index (χ3v) is 4.10. The standard InChI is InChI=1S/C15H18O3S.K/c1-2-3-4-7-12-10-13-8-5-6-9-14(13)15(11-12)19(16,17)18;/h5-6,8-11H,2-4,7H2,1H3,(H,16,17,18);/q;+1/p-1. The molecule has 0 bridgehead atoms. The van der Waals surface area contributed by atoms with Crippen molar-refractivity contribution >= 4 is 20.9 Å². The van der Waals surface area contributed by atoms with Crippen LogP contribution in [0.15, 0.2) is 41.3 Å². The van der Waals surface area contributed by atoms with E-state index in [4.69, 9.17) is 0 Å². The van der Waals surface area contributed by atoms with E-state index in [-0.39, 0.29) is 56.3 Å². The first-order valence-electron chi connectivity index (χ1n) is 6.50. The van der Waals surface area contributed by atoms with Crippen molar-refractivity contribution in [2.24, 2.45) is 0 Å². The van der Waals surface area contributed by atoms with Crippen LogP contribution in [0.3, 0.4) is 0 Å². The minimum Gasteiger partial charge on any atom is -0.744 e. The number of rotatable bonds is 5. The van der Waals surface area contributed by atoms with E-state index in [2.05, 4.69) is 6.92 Å². The van der Waals surface area contributed by atoms with E-state index in [1.54, 1.807) is 12.1 Å². The average Bonchev–Trinajstić information content (AvgIpc) is 2.37. The Balaban J connectivity index is 0.00000200. The summed E-state index contributed by atoms with van der Waals surface area (Å²) in [5.41, 5.74) is 0.918. The van der Waals surface area contributed by atoms with Gasteiger partial charge in [-0.25, -0.2) is 8.42 Å². The van der Waals surface area contributed by atoms with E-state index in [0.717, 1.165) is 36.6 Å². The van der Waals surface area contributed by atoms with Crippen LogP contribution in [-0.4, -0.2) is 13.0 Å². The summed E-state index contributed by atoms with van der Waals surface area (Å²) in [6.07, 6.45) is 4.03. The van der Waals surface area contributed by atoms with Gasteiger partial charge in [-0.3, -0.25) is 0 Å². The SMILES string of the molecule is CCCCCc1cc(S(=O)(=O)[O-])c2ccccc2c1.[K+]. The average molecular weight is 316 g/mol. The molecular weight excluding hydrogens is 299 g/mol.